The average Bonchev–Trinajstić information content (AvgIpc) is 3.04. The highest BCUT2D eigenvalue weighted by atomic mass is 32.2. The lowest BCUT2D eigenvalue weighted by molar-refractivity contribution is 0.0944. The number of benzene rings is 1. The van der Waals surface area contributed by atoms with Gasteiger partial charge >= 0.3 is 0 Å². The molecule has 128 valence electrons. The molecule has 1 aliphatic heterocycles. The number of nitrogens with zero attached hydrogens (tertiary/aromatic N) is 1. The summed E-state index contributed by atoms with van der Waals surface area (Å²) in [5.41, 5.74) is 2.21. The van der Waals surface area contributed by atoms with E-state index in [9.17, 15) is 13.2 Å². The van der Waals surface area contributed by atoms with Crippen molar-refractivity contribution in [2.24, 2.45) is 0 Å². The molecule has 2 aromatic rings. The summed E-state index contributed by atoms with van der Waals surface area (Å²) in [6, 6.07) is 9.35. The molecule has 0 bridgehead atoms. The monoisotopic (exact) mass is 364 g/mol. The minimum atomic E-state index is -3.69. The first-order valence-electron chi connectivity index (χ1n) is 7.85. The van der Waals surface area contributed by atoms with Crippen molar-refractivity contribution in [3.05, 3.63) is 51.7 Å². The van der Waals surface area contributed by atoms with Gasteiger partial charge in [-0.2, -0.15) is 4.31 Å². The molecular formula is C17H20N2O3S2. The molecular weight excluding hydrogens is 344 g/mol. The number of nitrogens with one attached hydrogen (secondary N) is 1. The molecule has 7 heteroatoms. The Kier molecular flexibility index (Phi) is 4.76. The lowest BCUT2D eigenvalue weighted by Gasteiger charge is -2.28. The van der Waals surface area contributed by atoms with Gasteiger partial charge < -0.3 is 5.32 Å². The van der Waals surface area contributed by atoms with Crippen molar-refractivity contribution in [2.45, 2.75) is 37.8 Å². The van der Waals surface area contributed by atoms with E-state index in [1.807, 2.05) is 38.1 Å². The molecule has 0 aliphatic carbocycles. The summed E-state index contributed by atoms with van der Waals surface area (Å²) in [4.78, 5) is 12.6. The second-order valence-electron chi connectivity index (χ2n) is 6.10. The van der Waals surface area contributed by atoms with Crippen molar-refractivity contribution >= 4 is 27.3 Å². The van der Waals surface area contributed by atoms with Crippen LogP contribution < -0.4 is 5.32 Å². The molecule has 1 aliphatic rings. The van der Waals surface area contributed by atoms with E-state index in [0.717, 1.165) is 16.9 Å². The molecule has 0 saturated heterocycles. The maximum Gasteiger partial charge on any atom is 0.262 e. The summed E-state index contributed by atoms with van der Waals surface area (Å²) in [6.07, 6.45) is 0.688. The highest BCUT2D eigenvalue weighted by molar-refractivity contribution is 7.89. The van der Waals surface area contributed by atoms with Gasteiger partial charge in [0.2, 0.25) is 10.0 Å². The van der Waals surface area contributed by atoms with Crippen molar-refractivity contribution in [3.8, 4) is 0 Å². The normalized spacial score (nSPS) is 15.3. The average molecular weight is 364 g/mol. The topological polar surface area (TPSA) is 66.5 Å². The number of fused-ring (bicyclic) bond motifs is 1. The van der Waals surface area contributed by atoms with Crippen LogP contribution in [0.5, 0.6) is 0 Å². The summed E-state index contributed by atoms with van der Waals surface area (Å²) in [5.74, 6) is -0.337. The number of carbonyl (C=O) groups is 1. The van der Waals surface area contributed by atoms with Gasteiger partial charge in [-0.05, 0) is 42.8 Å². The lowest BCUT2D eigenvalue weighted by atomic mass is 10.0. The third kappa shape index (κ3) is 3.24. The van der Waals surface area contributed by atoms with Crippen LogP contribution in [-0.2, 0) is 23.0 Å². The molecule has 1 aromatic heterocycles. The number of hydrogen-bond donors (Lipinski definition) is 1. The molecule has 2 heterocycles. The van der Waals surface area contributed by atoms with Gasteiger partial charge in [-0.1, -0.05) is 24.3 Å². The first kappa shape index (κ1) is 17.1. The van der Waals surface area contributed by atoms with E-state index in [1.165, 1.54) is 15.9 Å². The molecule has 3 rings (SSSR count). The van der Waals surface area contributed by atoms with Crippen molar-refractivity contribution in [1.29, 1.82) is 0 Å². The zero-order valence-electron chi connectivity index (χ0n) is 13.7. The first-order valence-corrected chi connectivity index (χ1v) is 10.2. The van der Waals surface area contributed by atoms with Crippen LogP contribution in [0.3, 0.4) is 0 Å². The molecule has 1 N–H and O–H groups in total. The van der Waals surface area contributed by atoms with Gasteiger partial charge in [-0.3, -0.25) is 4.79 Å². The van der Waals surface area contributed by atoms with Crippen LogP contribution in [0.2, 0.25) is 0 Å². The molecule has 5 nitrogen and oxygen atoms in total. The number of carbonyl (C=O) groups excluding carboxylic acids is 1. The summed E-state index contributed by atoms with van der Waals surface area (Å²) >= 11 is 1.16. The Morgan fingerprint density at radius 3 is 2.62 bits per heavy atom. The van der Waals surface area contributed by atoms with Crippen molar-refractivity contribution < 1.29 is 13.2 Å². The van der Waals surface area contributed by atoms with E-state index < -0.39 is 10.0 Å². The Hall–Kier alpha value is -1.70. The minimum absolute atomic E-state index is 0.0444. The molecule has 0 spiro atoms. The van der Waals surface area contributed by atoms with Crippen LogP contribution in [0.25, 0.3) is 0 Å². The maximum atomic E-state index is 13.0. The predicted molar refractivity (Wildman–Crippen MR) is 94.7 cm³/mol. The van der Waals surface area contributed by atoms with Crippen molar-refractivity contribution in [1.82, 2.24) is 9.62 Å². The summed E-state index contributed by atoms with van der Waals surface area (Å²) < 4.78 is 27.5. The van der Waals surface area contributed by atoms with E-state index in [2.05, 4.69) is 5.32 Å². The van der Waals surface area contributed by atoms with Crippen LogP contribution in [0.4, 0.5) is 0 Å². The standard InChI is InChI=1S/C17H20N2O3S2/c1-12(2)18-17(20)16-15(8-10-23-16)24(21,22)19-9-7-13-5-3-4-6-14(13)11-19/h3-6,8,10,12H,7,9,11H2,1-2H3,(H,18,20). The summed E-state index contributed by atoms with van der Waals surface area (Å²) in [6.45, 7) is 4.47. The fourth-order valence-electron chi connectivity index (χ4n) is 2.81. The minimum Gasteiger partial charge on any atom is -0.349 e. The highest BCUT2D eigenvalue weighted by Crippen LogP contribution is 2.29. The molecule has 0 radical (unpaired) electrons. The van der Waals surface area contributed by atoms with Gasteiger partial charge in [0.15, 0.2) is 0 Å². The van der Waals surface area contributed by atoms with Crippen LogP contribution in [0.1, 0.15) is 34.6 Å². The smallest absolute Gasteiger partial charge is 0.262 e. The Morgan fingerprint density at radius 1 is 1.21 bits per heavy atom. The summed E-state index contributed by atoms with van der Waals surface area (Å²) in [5, 5.41) is 4.42. The molecule has 0 atom stereocenters. The fourth-order valence-corrected chi connectivity index (χ4v) is 5.53. The van der Waals surface area contributed by atoms with E-state index >= 15 is 0 Å². The molecule has 1 aromatic carbocycles. The van der Waals surface area contributed by atoms with Crippen LogP contribution >= 0.6 is 11.3 Å². The third-order valence-electron chi connectivity index (χ3n) is 3.97. The second kappa shape index (κ2) is 6.66. The summed E-state index contributed by atoms with van der Waals surface area (Å²) in [7, 11) is -3.69. The molecule has 0 saturated carbocycles. The highest BCUT2D eigenvalue weighted by Gasteiger charge is 2.32. The molecule has 1 amide bonds. The van der Waals surface area contributed by atoms with Gasteiger partial charge in [-0.15, -0.1) is 11.3 Å². The van der Waals surface area contributed by atoms with Gasteiger partial charge in [0, 0.05) is 19.1 Å². The lowest BCUT2D eigenvalue weighted by Crippen LogP contribution is -2.37. The van der Waals surface area contributed by atoms with E-state index in [1.54, 1.807) is 5.38 Å². The zero-order valence-corrected chi connectivity index (χ0v) is 15.3. The molecule has 24 heavy (non-hydrogen) atoms. The molecule has 0 fully saturated rings. The van der Waals surface area contributed by atoms with E-state index in [4.69, 9.17) is 0 Å². The molecule has 0 unspecified atom stereocenters. The SMILES string of the molecule is CC(C)NC(=O)c1sccc1S(=O)(=O)N1CCc2ccccc2C1. The van der Waals surface area contributed by atoms with Crippen LogP contribution in [-0.4, -0.2) is 31.2 Å². The first-order chi connectivity index (χ1) is 11.4. The van der Waals surface area contributed by atoms with Gasteiger partial charge in [0.25, 0.3) is 5.91 Å². The Labute approximate surface area is 146 Å². The van der Waals surface area contributed by atoms with Gasteiger partial charge in [0.1, 0.15) is 9.77 Å². The van der Waals surface area contributed by atoms with Gasteiger partial charge in [-0.25, -0.2) is 8.42 Å². The Balaban J connectivity index is 1.90. The Bertz CT molecular complexity index is 856. The predicted octanol–water partition coefficient (Wildman–Crippen LogP) is 2.63. The number of thiophene rings is 1. The second-order valence-corrected chi connectivity index (χ2v) is 8.92. The third-order valence-corrected chi connectivity index (χ3v) is 6.90. The van der Waals surface area contributed by atoms with Crippen LogP contribution in [0, 0.1) is 0 Å². The number of hydrogen-bond acceptors (Lipinski definition) is 4. The van der Waals surface area contributed by atoms with Gasteiger partial charge in [0.05, 0.1) is 0 Å². The van der Waals surface area contributed by atoms with Crippen molar-refractivity contribution in [3.63, 3.8) is 0 Å². The fraction of sp³-hybridized carbons (Fsp3) is 0.353. The number of sulfonamides is 1. The largest absolute Gasteiger partial charge is 0.349 e. The Morgan fingerprint density at radius 2 is 1.92 bits per heavy atom. The van der Waals surface area contributed by atoms with Crippen LogP contribution in [0.15, 0.2) is 40.6 Å². The quantitative estimate of drug-likeness (QED) is 0.907. The van der Waals surface area contributed by atoms with Crippen molar-refractivity contribution in [2.75, 3.05) is 6.54 Å². The zero-order chi connectivity index (χ0) is 17.3. The van der Waals surface area contributed by atoms with E-state index in [-0.39, 0.29) is 21.7 Å². The van der Waals surface area contributed by atoms with E-state index in [0.29, 0.717) is 19.5 Å². The number of rotatable bonds is 4. The number of amides is 1. The maximum absolute atomic E-state index is 13.0.